The molecule has 35 heavy (non-hydrogen) atoms. The van der Waals surface area contributed by atoms with Crippen LogP contribution in [0.3, 0.4) is 0 Å². The first kappa shape index (κ1) is 25.0. The number of hydrogen-bond donors (Lipinski definition) is 0. The van der Waals surface area contributed by atoms with E-state index in [-0.39, 0.29) is 0 Å². The van der Waals surface area contributed by atoms with Crippen molar-refractivity contribution < 1.29 is 22.7 Å². The minimum Gasteiger partial charge on any atom is -0.468 e. The fraction of sp³-hybridized carbons (Fsp3) is 0.462. The number of piperidine rings is 1. The van der Waals surface area contributed by atoms with Crippen molar-refractivity contribution in [1.82, 2.24) is 9.80 Å². The van der Waals surface area contributed by atoms with E-state index in [0.717, 1.165) is 56.8 Å². The summed E-state index contributed by atoms with van der Waals surface area (Å²) in [6, 6.07) is 14.3. The number of benzene rings is 2. The molecule has 0 spiro atoms. The predicted molar refractivity (Wildman–Crippen MR) is 126 cm³/mol. The summed E-state index contributed by atoms with van der Waals surface area (Å²) in [5.41, 5.74) is 1.56. The molecule has 2 aliphatic heterocycles. The molecule has 186 valence electrons. The molecule has 2 aromatic rings. The second-order valence-electron chi connectivity index (χ2n) is 8.99. The molecule has 6 nitrogen and oxygen atoms in total. The molecule has 0 aliphatic carbocycles. The maximum atomic E-state index is 13.0. The van der Waals surface area contributed by atoms with Crippen molar-refractivity contribution in [1.29, 1.82) is 5.26 Å². The van der Waals surface area contributed by atoms with Gasteiger partial charge < -0.3 is 9.64 Å². The van der Waals surface area contributed by atoms with Gasteiger partial charge in [-0.05, 0) is 54.8 Å². The van der Waals surface area contributed by atoms with E-state index in [1.54, 1.807) is 0 Å². The smallest absolute Gasteiger partial charge is 0.416 e. The van der Waals surface area contributed by atoms with Gasteiger partial charge in [0.2, 0.25) is 0 Å². The Labute approximate surface area is 203 Å². The van der Waals surface area contributed by atoms with Gasteiger partial charge in [0, 0.05) is 51.0 Å². The van der Waals surface area contributed by atoms with E-state index in [1.165, 1.54) is 19.2 Å². The molecule has 0 saturated carbocycles. The number of piperazine rings is 1. The lowest BCUT2D eigenvalue weighted by Crippen LogP contribution is -2.54. The Morgan fingerprint density at radius 2 is 1.57 bits per heavy atom. The Morgan fingerprint density at radius 3 is 2.09 bits per heavy atom. The van der Waals surface area contributed by atoms with Gasteiger partial charge in [-0.1, -0.05) is 12.1 Å². The predicted octanol–water partition coefficient (Wildman–Crippen LogP) is 4.08. The van der Waals surface area contributed by atoms with Crippen LogP contribution in [0.1, 0.15) is 35.6 Å². The Balaban J connectivity index is 1.34. The van der Waals surface area contributed by atoms with E-state index in [1.807, 2.05) is 29.2 Å². The van der Waals surface area contributed by atoms with Gasteiger partial charge in [0.05, 0.1) is 24.3 Å². The minimum absolute atomic E-state index is 0.403. The lowest BCUT2D eigenvalue weighted by molar-refractivity contribution is -0.148. The number of nitrogens with zero attached hydrogens (tertiary/aromatic N) is 4. The highest BCUT2D eigenvalue weighted by Gasteiger charge is 2.35. The third-order valence-corrected chi connectivity index (χ3v) is 7.03. The van der Waals surface area contributed by atoms with Crippen molar-refractivity contribution in [2.45, 2.75) is 31.1 Å². The summed E-state index contributed by atoms with van der Waals surface area (Å²) < 4.78 is 43.8. The molecule has 4 rings (SSSR count). The monoisotopic (exact) mass is 486 g/mol. The molecule has 0 amide bonds. The highest BCUT2D eigenvalue weighted by molar-refractivity contribution is 5.77. The molecule has 1 atom stereocenters. The van der Waals surface area contributed by atoms with E-state index >= 15 is 0 Å². The van der Waals surface area contributed by atoms with Crippen LogP contribution in [0.15, 0.2) is 48.5 Å². The number of methoxy groups -OCH3 is 1. The molecule has 0 bridgehead atoms. The van der Waals surface area contributed by atoms with Crippen LogP contribution < -0.4 is 4.90 Å². The molecular formula is C26H29F3N4O2. The van der Waals surface area contributed by atoms with Crippen LogP contribution in [0.4, 0.5) is 18.9 Å². The van der Waals surface area contributed by atoms with E-state index in [2.05, 4.69) is 15.9 Å². The Morgan fingerprint density at radius 1 is 0.971 bits per heavy atom. The van der Waals surface area contributed by atoms with Gasteiger partial charge in [0.25, 0.3) is 0 Å². The first-order valence-electron chi connectivity index (χ1n) is 11.8. The molecule has 0 N–H and O–H groups in total. The third-order valence-electron chi connectivity index (χ3n) is 7.03. The van der Waals surface area contributed by atoms with Gasteiger partial charge in [-0.2, -0.15) is 18.4 Å². The second-order valence-corrected chi connectivity index (χ2v) is 8.99. The summed E-state index contributed by atoms with van der Waals surface area (Å²) >= 11 is 0. The third kappa shape index (κ3) is 5.77. The zero-order valence-corrected chi connectivity index (χ0v) is 19.7. The maximum absolute atomic E-state index is 13.0. The normalized spacial score (nSPS) is 19.2. The summed E-state index contributed by atoms with van der Waals surface area (Å²) in [6.45, 7) is 5.02. The van der Waals surface area contributed by atoms with Crippen molar-refractivity contribution >= 4 is 11.7 Å². The summed E-state index contributed by atoms with van der Waals surface area (Å²) in [6.07, 6.45) is -2.66. The number of rotatable bonds is 5. The van der Waals surface area contributed by atoms with E-state index < -0.39 is 23.8 Å². The minimum atomic E-state index is -4.41. The van der Waals surface area contributed by atoms with Crippen molar-refractivity contribution in [2.75, 3.05) is 51.3 Å². The number of esters is 1. The SMILES string of the molecule is COC(=O)C(c1ccc(C(F)(F)F)cc1)N1CCC(N2CCN(c3ccc(C#N)cc3)CC2)CC1. The Kier molecular flexibility index (Phi) is 7.63. The van der Waals surface area contributed by atoms with Crippen molar-refractivity contribution in [3.63, 3.8) is 0 Å². The quantitative estimate of drug-likeness (QED) is 0.594. The van der Waals surface area contributed by atoms with Crippen molar-refractivity contribution in [3.05, 3.63) is 65.2 Å². The van der Waals surface area contributed by atoms with Gasteiger partial charge >= 0.3 is 12.1 Å². The number of likely N-dealkylation sites (tertiary alicyclic amines) is 1. The highest BCUT2D eigenvalue weighted by Crippen LogP contribution is 2.32. The van der Waals surface area contributed by atoms with E-state index in [9.17, 15) is 18.0 Å². The zero-order chi connectivity index (χ0) is 25.0. The first-order valence-corrected chi connectivity index (χ1v) is 11.8. The van der Waals surface area contributed by atoms with Crippen LogP contribution in [0.25, 0.3) is 0 Å². The van der Waals surface area contributed by atoms with Crippen LogP contribution in [-0.4, -0.2) is 68.2 Å². The van der Waals surface area contributed by atoms with Crippen LogP contribution >= 0.6 is 0 Å². The lowest BCUT2D eigenvalue weighted by Gasteiger charge is -2.44. The fourth-order valence-corrected chi connectivity index (χ4v) is 5.06. The summed E-state index contributed by atoms with van der Waals surface area (Å²) in [5.74, 6) is -0.459. The second kappa shape index (κ2) is 10.7. The van der Waals surface area contributed by atoms with Gasteiger partial charge in [0.1, 0.15) is 6.04 Å². The fourth-order valence-electron chi connectivity index (χ4n) is 5.06. The molecule has 1 unspecified atom stereocenters. The average Bonchev–Trinajstić information content (AvgIpc) is 2.89. The van der Waals surface area contributed by atoms with E-state index in [4.69, 9.17) is 10.00 Å². The van der Waals surface area contributed by atoms with Crippen LogP contribution in [0.2, 0.25) is 0 Å². The molecule has 2 aliphatic rings. The Hall–Kier alpha value is -3.09. The average molecular weight is 487 g/mol. The molecule has 2 fully saturated rings. The number of halogens is 3. The molecule has 2 heterocycles. The van der Waals surface area contributed by atoms with Crippen molar-refractivity contribution in [3.8, 4) is 6.07 Å². The number of nitriles is 1. The summed E-state index contributed by atoms with van der Waals surface area (Å²) in [7, 11) is 1.31. The maximum Gasteiger partial charge on any atom is 0.416 e. The van der Waals surface area contributed by atoms with Gasteiger partial charge in [-0.15, -0.1) is 0 Å². The molecule has 0 aromatic heterocycles. The van der Waals surface area contributed by atoms with Crippen LogP contribution in [0, 0.1) is 11.3 Å². The topological polar surface area (TPSA) is 59.8 Å². The zero-order valence-electron chi connectivity index (χ0n) is 19.7. The number of ether oxygens (including phenoxy) is 1. The number of hydrogen-bond acceptors (Lipinski definition) is 6. The molecule has 0 radical (unpaired) electrons. The number of carbonyl (C=O) groups is 1. The lowest BCUT2D eigenvalue weighted by atomic mass is 9.97. The van der Waals surface area contributed by atoms with Crippen LogP contribution in [-0.2, 0) is 15.7 Å². The molecule has 2 saturated heterocycles. The Bertz CT molecular complexity index is 1030. The number of carbonyl (C=O) groups excluding carboxylic acids is 1. The largest absolute Gasteiger partial charge is 0.468 e. The number of anilines is 1. The first-order chi connectivity index (χ1) is 16.8. The van der Waals surface area contributed by atoms with Crippen molar-refractivity contribution in [2.24, 2.45) is 0 Å². The van der Waals surface area contributed by atoms with Gasteiger partial charge in [-0.3, -0.25) is 9.80 Å². The standard InChI is InChI=1S/C26H29F3N4O2/c1-35-25(34)24(20-4-6-21(7-5-20)26(27,28)29)33-12-10-23(11-13-33)32-16-14-31(15-17-32)22-8-2-19(18-30)3-9-22/h2-9,23-24H,10-17H2,1H3. The summed E-state index contributed by atoms with van der Waals surface area (Å²) in [5, 5.41) is 8.98. The highest BCUT2D eigenvalue weighted by atomic mass is 19.4. The summed E-state index contributed by atoms with van der Waals surface area (Å²) in [4.78, 5) is 19.4. The molecular weight excluding hydrogens is 457 g/mol. The number of alkyl halides is 3. The molecule has 2 aromatic carbocycles. The van der Waals surface area contributed by atoms with E-state index in [0.29, 0.717) is 30.3 Å². The van der Waals surface area contributed by atoms with Gasteiger partial charge in [0.15, 0.2) is 0 Å². The van der Waals surface area contributed by atoms with Crippen LogP contribution in [0.5, 0.6) is 0 Å². The molecule has 9 heteroatoms. The van der Waals surface area contributed by atoms with Gasteiger partial charge in [-0.25, -0.2) is 4.79 Å².